The van der Waals surface area contributed by atoms with E-state index in [1.54, 1.807) is 17.7 Å². The van der Waals surface area contributed by atoms with Crippen LogP contribution < -0.4 is 10.3 Å². The SMILES string of the molecule is CCN(CCC(C)C)C(=O)Cn1c(=O)c(C(C)(C)C)nc2ccc(OC)cc21. The molecule has 0 aliphatic carbocycles. The monoisotopic (exact) mass is 387 g/mol. The highest BCUT2D eigenvalue weighted by Gasteiger charge is 2.24. The highest BCUT2D eigenvalue weighted by atomic mass is 16.5. The Labute approximate surface area is 167 Å². The number of carbonyl (C=O) groups is 1. The van der Waals surface area contributed by atoms with Gasteiger partial charge < -0.3 is 9.64 Å². The Morgan fingerprint density at radius 1 is 1.29 bits per heavy atom. The highest BCUT2D eigenvalue weighted by Crippen LogP contribution is 2.23. The summed E-state index contributed by atoms with van der Waals surface area (Å²) in [6.07, 6.45) is 0.937. The summed E-state index contributed by atoms with van der Waals surface area (Å²) in [6.45, 7) is 13.4. The van der Waals surface area contributed by atoms with Crippen molar-refractivity contribution in [3.05, 3.63) is 34.2 Å². The lowest BCUT2D eigenvalue weighted by molar-refractivity contribution is -0.131. The van der Waals surface area contributed by atoms with Gasteiger partial charge in [-0.3, -0.25) is 14.2 Å². The van der Waals surface area contributed by atoms with Crippen LogP contribution in [0.3, 0.4) is 0 Å². The topological polar surface area (TPSA) is 64.4 Å². The number of carbonyl (C=O) groups excluding carboxylic acids is 1. The summed E-state index contributed by atoms with van der Waals surface area (Å²) in [5, 5.41) is 0. The summed E-state index contributed by atoms with van der Waals surface area (Å²) in [5.41, 5.74) is 1.12. The summed E-state index contributed by atoms with van der Waals surface area (Å²) in [4.78, 5) is 32.6. The Hall–Kier alpha value is -2.37. The third-order valence-electron chi connectivity index (χ3n) is 4.87. The van der Waals surface area contributed by atoms with E-state index in [4.69, 9.17) is 4.74 Å². The van der Waals surface area contributed by atoms with E-state index >= 15 is 0 Å². The first-order valence-corrected chi connectivity index (χ1v) is 9.95. The van der Waals surface area contributed by atoms with Crippen LogP contribution in [0.25, 0.3) is 11.0 Å². The van der Waals surface area contributed by atoms with Crippen LogP contribution in [-0.4, -0.2) is 40.6 Å². The van der Waals surface area contributed by atoms with Crippen molar-refractivity contribution in [3.63, 3.8) is 0 Å². The first-order valence-electron chi connectivity index (χ1n) is 9.95. The first-order chi connectivity index (χ1) is 13.1. The zero-order valence-electron chi connectivity index (χ0n) is 18.2. The van der Waals surface area contributed by atoms with E-state index in [0.29, 0.717) is 41.5 Å². The Bertz CT molecular complexity index is 894. The number of fused-ring (bicyclic) bond motifs is 1. The Morgan fingerprint density at radius 2 is 1.96 bits per heavy atom. The molecular weight excluding hydrogens is 354 g/mol. The average molecular weight is 388 g/mol. The number of aromatic nitrogens is 2. The van der Waals surface area contributed by atoms with Gasteiger partial charge in [0.05, 0.1) is 18.1 Å². The van der Waals surface area contributed by atoms with E-state index in [0.717, 1.165) is 6.42 Å². The molecule has 0 unspecified atom stereocenters. The second-order valence-corrected chi connectivity index (χ2v) is 8.61. The molecule has 6 nitrogen and oxygen atoms in total. The lowest BCUT2D eigenvalue weighted by atomic mass is 9.92. The van der Waals surface area contributed by atoms with Gasteiger partial charge in [-0.15, -0.1) is 0 Å². The first kappa shape index (κ1) is 21.9. The lowest BCUT2D eigenvalue weighted by Crippen LogP contribution is -2.39. The number of ether oxygens (including phenoxy) is 1. The highest BCUT2D eigenvalue weighted by molar-refractivity contribution is 5.81. The quantitative estimate of drug-likeness (QED) is 0.728. The van der Waals surface area contributed by atoms with Crippen LogP contribution in [0.1, 0.15) is 53.7 Å². The summed E-state index contributed by atoms with van der Waals surface area (Å²) in [6, 6.07) is 5.42. The molecule has 6 heteroatoms. The number of amides is 1. The average Bonchev–Trinajstić information content (AvgIpc) is 2.62. The third-order valence-corrected chi connectivity index (χ3v) is 4.87. The summed E-state index contributed by atoms with van der Waals surface area (Å²) >= 11 is 0. The van der Waals surface area contributed by atoms with Crippen LogP contribution in [-0.2, 0) is 16.8 Å². The fraction of sp³-hybridized carbons (Fsp3) is 0.591. The molecule has 0 aliphatic heterocycles. The molecular formula is C22H33N3O3. The Morgan fingerprint density at radius 3 is 2.50 bits per heavy atom. The number of rotatable bonds is 7. The zero-order valence-corrected chi connectivity index (χ0v) is 18.2. The molecule has 154 valence electrons. The van der Waals surface area contributed by atoms with Crippen LogP contribution in [0.5, 0.6) is 5.75 Å². The molecule has 1 aromatic carbocycles. The number of nitrogens with zero attached hydrogens (tertiary/aromatic N) is 3. The van der Waals surface area contributed by atoms with Crippen LogP contribution in [0.2, 0.25) is 0 Å². The second-order valence-electron chi connectivity index (χ2n) is 8.61. The van der Waals surface area contributed by atoms with Gasteiger partial charge in [0.1, 0.15) is 18.0 Å². The number of methoxy groups -OCH3 is 1. The minimum Gasteiger partial charge on any atom is -0.497 e. The molecule has 2 rings (SSSR count). The van der Waals surface area contributed by atoms with Crippen molar-refractivity contribution in [2.24, 2.45) is 5.92 Å². The van der Waals surface area contributed by atoms with Crippen molar-refractivity contribution in [1.82, 2.24) is 14.5 Å². The van der Waals surface area contributed by atoms with Gasteiger partial charge in [0.15, 0.2) is 0 Å². The van der Waals surface area contributed by atoms with Crippen molar-refractivity contribution in [1.29, 1.82) is 0 Å². The number of hydrogen-bond donors (Lipinski definition) is 0. The maximum atomic E-state index is 13.2. The van der Waals surface area contributed by atoms with Gasteiger partial charge in [0.25, 0.3) is 5.56 Å². The second kappa shape index (κ2) is 8.76. The van der Waals surface area contributed by atoms with Crippen molar-refractivity contribution >= 4 is 16.9 Å². The summed E-state index contributed by atoms with van der Waals surface area (Å²) < 4.78 is 6.86. The molecule has 28 heavy (non-hydrogen) atoms. The third kappa shape index (κ3) is 4.91. The fourth-order valence-corrected chi connectivity index (χ4v) is 3.10. The molecule has 0 saturated heterocycles. The molecule has 0 spiro atoms. The fourth-order valence-electron chi connectivity index (χ4n) is 3.10. The predicted molar refractivity (Wildman–Crippen MR) is 113 cm³/mol. The van der Waals surface area contributed by atoms with Gasteiger partial charge in [-0.25, -0.2) is 4.98 Å². The summed E-state index contributed by atoms with van der Waals surface area (Å²) in [5.74, 6) is 1.09. The van der Waals surface area contributed by atoms with Gasteiger partial charge in [0.2, 0.25) is 5.91 Å². The van der Waals surface area contributed by atoms with Crippen LogP contribution in [0.15, 0.2) is 23.0 Å². The van der Waals surface area contributed by atoms with E-state index in [9.17, 15) is 9.59 Å². The standard InChI is InChI=1S/C22H33N3O3/c1-8-24(12-11-15(2)3)19(26)14-25-18-13-16(28-7)9-10-17(18)23-20(21(25)27)22(4,5)6/h9-10,13,15H,8,11-12,14H2,1-7H3. The van der Waals surface area contributed by atoms with Crippen molar-refractivity contribution in [2.45, 2.75) is 59.9 Å². The molecule has 0 aliphatic rings. The van der Waals surface area contributed by atoms with Crippen LogP contribution >= 0.6 is 0 Å². The minimum absolute atomic E-state index is 0.0000359. The molecule has 0 atom stereocenters. The van der Waals surface area contributed by atoms with Gasteiger partial charge in [-0.1, -0.05) is 34.6 Å². The maximum Gasteiger partial charge on any atom is 0.273 e. The number of hydrogen-bond acceptors (Lipinski definition) is 4. The predicted octanol–water partition coefficient (Wildman–Crippen LogP) is 3.60. The Balaban J connectivity index is 2.55. The molecule has 0 saturated carbocycles. The van der Waals surface area contributed by atoms with Crippen LogP contribution in [0, 0.1) is 5.92 Å². The molecule has 1 heterocycles. The molecule has 0 N–H and O–H groups in total. The van der Waals surface area contributed by atoms with Crippen molar-refractivity contribution < 1.29 is 9.53 Å². The molecule has 0 fully saturated rings. The molecule has 0 bridgehead atoms. The summed E-state index contributed by atoms with van der Waals surface area (Å²) in [7, 11) is 1.58. The smallest absolute Gasteiger partial charge is 0.273 e. The Kier molecular flexibility index (Phi) is 6.86. The number of likely N-dealkylation sites (N-methyl/N-ethyl adjacent to an activating group) is 1. The molecule has 1 aromatic heterocycles. The molecule has 0 radical (unpaired) electrons. The van der Waals surface area contributed by atoms with E-state index in [2.05, 4.69) is 18.8 Å². The van der Waals surface area contributed by atoms with Gasteiger partial charge in [-0.2, -0.15) is 0 Å². The maximum absolute atomic E-state index is 13.2. The lowest BCUT2D eigenvalue weighted by Gasteiger charge is -2.24. The van der Waals surface area contributed by atoms with Crippen molar-refractivity contribution in [3.8, 4) is 5.75 Å². The minimum atomic E-state index is -0.419. The van der Waals surface area contributed by atoms with Gasteiger partial charge in [0, 0.05) is 24.6 Å². The van der Waals surface area contributed by atoms with Gasteiger partial charge in [-0.05, 0) is 31.4 Å². The largest absolute Gasteiger partial charge is 0.497 e. The molecule has 1 amide bonds. The molecule has 2 aromatic rings. The number of benzene rings is 1. The van der Waals surface area contributed by atoms with E-state index in [-0.39, 0.29) is 18.0 Å². The van der Waals surface area contributed by atoms with Crippen molar-refractivity contribution in [2.75, 3.05) is 20.2 Å². The van der Waals surface area contributed by atoms with E-state index in [1.807, 2.05) is 44.7 Å². The van der Waals surface area contributed by atoms with Gasteiger partial charge >= 0.3 is 0 Å². The van der Waals surface area contributed by atoms with E-state index < -0.39 is 5.41 Å². The zero-order chi connectivity index (χ0) is 21.1. The van der Waals surface area contributed by atoms with E-state index in [1.165, 1.54) is 0 Å². The normalized spacial score (nSPS) is 11.9. The van der Waals surface area contributed by atoms with Crippen LogP contribution in [0.4, 0.5) is 0 Å².